The first kappa shape index (κ1) is 20.7. The SMILES string of the molecule is COc1ccc(COc2ccc(C=NNc3ccccc3C(=O)O)cc2OC)cc1. The van der Waals surface area contributed by atoms with Crippen molar-refractivity contribution in [2.45, 2.75) is 6.61 Å². The average molecular weight is 406 g/mol. The number of anilines is 1. The maximum absolute atomic E-state index is 11.2. The molecule has 7 heteroatoms. The Morgan fingerprint density at radius 1 is 1.00 bits per heavy atom. The van der Waals surface area contributed by atoms with Gasteiger partial charge < -0.3 is 19.3 Å². The first-order valence-electron chi connectivity index (χ1n) is 9.16. The van der Waals surface area contributed by atoms with Gasteiger partial charge in [-0.2, -0.15) is 5.10 Å². The number of nitrogens with zero attached hydrogens (tertiary/aromatic N) is 1. The number of carbonyl (C=O) groups is 1. The van der Waals surface area contributed by atoms with Gasteiger partial charge in [0.15, 0.2) is 11.5 Å². The van der Waals surface area contributed by atoms with Crippen molar-refractivity contribution in [2.75, 3.05) is 19.6 Å². The Morgan fingerprint density at radius 2 is 1.77 bits per heavy atom. The van der Waals surface area contributed by atoms with Crippen LogP contribution in [-0.2, 0) is 6.61 Å². The van der Waals surface area contributed by atoms with E-state index >= 15 is 0 Å². The monoisotopic (exact) mass is 406 g/mol. The van der Waals surface area contributed by atoms with Gasteiger partial charge in [0.2, 0.25) is 0 Å². The average Bonchev–Trinajstić information content (AvgIpc) is 2.78. The van der Waals surface area contributed by atoms with Crippen LogP contribution in [0.25, 0.3) is 0 Å². The number of carboxylic acids is 1. The quantitative estimate of drug-likeness (QED) is 0.404. The molecule has 2 N–H and O–H groups in total. The van der Waals surface area contributed by atoms with Gasteiger partial charge in [-0.25, -0.2) is 4.79 Å². The van der Waals surface area contributed by atoms with Crippen molar-refractivity contribution in [1.82, 2.24) is 0 Å². The second kappa shape index (κ2) is 9.97. The van der Waals surface area contributed by atoms with Crippen LogP contribution in [0.1, 0.15) is 21.5 Å². The number of hydrogen-bond acceptors (Lipinski definition) is 6. The van der Waals surface area contributed by atoms with Gasteiger partial charge in [0.25, 0.3) is 0 Å². The summed E-state index contributed by atoms with van der Waals surface area (Å²) < 4.78 is 16.4. The van der Waals surface area contributed by atoms with Gasteiger partial charge >= 0.3 is 5.97 Å². The summed E-state index contributed by atoms with van der Waals surface area (Å²) in [4.78, 5) is 11.2. The Kier molecular flexibility index (Phi) is 6.89. The van der Waals surface area contributed by atoms with Crippen molar-refractivity contribution >= 4 is 17.9 Å². The van der Waals surface area contributed by atoms with Crippen LogP contribution in [0.2, 0.25) is 0 Å². The van der Waals surface area contributed by atoms with E-state index in [1.54, 1.807) is 50.8 Å². The second-order valence-corrected chi connectivity index (χ2v) is 6.27. The summed E-state index contributed by atoms with van der Waals surface area (Å²) in [5, 5.41) is 13.3. The normalized spacial score (nSPS) is 10.6. The molecular weight excluding hydrogens is 384 g/mol. The van der Waals surface area contributed by atoms with Gasteiger partial charge in [-0.15, -0.1) is 0 Å². The van der Waals surface area contributed by atoms with Crippen molar-refractivity contribution in [3.63, 3.8) is 0 Å². The molecule has 0 aliphatic heterocycles. The molecule has 7 nitrogen and oxygen atoms in total. The first-order valence-corrected chi connectivity index (χ1v) is 9.16. The number of hydrazone groups is 1. The summed E-state index contributed by atoms with van der Waals surface area (Å²) in [6, 6.07) is 19.6. The van der Waals surface area contributed by atoms with E-state index in [1.165, 1.54) is 6.07 Å². The molecule has 154 valence electrons. The highest BCUT2D eigenvalue weighted by Gasteiger charge is 2.08. The van der Waals surface area contributed by atoms with Crippen LogP contribution in [0.4, 0.5) is 5.69 Å². The third-order valence-electron chi connectivity index (χ3n) is 4.30. The van der Waals surface area contributed by atoms with Crippen LogP contribution in [0.5, 0.6) is 17.2 Å². The van der Waals surface area contributed by atoms with Crippen molar-refractivity contribution in [2.24, 2.45) is 5.10 Å². The summed E-state index contributed by atoms with van der Waals surface area (Å²) in [7, 11) is 3.19. The van der Waals surface area contributed by atoms with Crippen molar-refractivity contribution in [3.05, 3.63) is 83.4 Å². The molecule has 0 aliphatic carbocycles. The van der Waals surface area contributed by atoms with E-state index in [1.807, 2.05) is 30.3 Å². The maximum atomic E-state index is 11.2. The van der Waals surface area contributed by atoms with E-state index < -0.39 is 5.97 Å². The smallest absolute Gasteiger partial charge is 0.337 e. The number of methoxy groups -OCH3 is 2. The Hall–Kier alpha value is -4.00. The molecule has 0 bridgehead atoms. The van der Waals surface area contributed by atoms with Crippen LogP contribution in [-0.4, -0.2) is 31.5 Å². The molecule has 0 spiro atoms. The van der Waals surface area contributed by atoms with Crippen LogP contribution in [0.3, 0.4) is 0 Å². The van der Waals surface area contributed by atoms with Gasteiger partial charge in [0, 0.05) is 0 Å². The zero-order valence-corrected chi connectivity index (χ0v) is 16.7. The molecule has 3 aromatic rings. The lowest BCUT2D eigenvalue weighted by atomic mass is 10.2. The zero-order chi connectivity index (χ0) is 21.3. The topological polar surface area (TPSA) is 89.4 Å². The number of hydrogen-bond donors (Lipinski definition) is 2. The van der Waals surface area contributed by atoms with Crippen LogP contribution < -0.4 is 19.6 Å². The highest BCUT2D eigenvalue weighted by atomic mass is 16.5. The number of rotatable bonds is 9. The molecule has 3 aromatic carbocycles. The maximum Gasteiger partial charge on any atom is 0.337 e. The molecule has 0 saturated heterocycles. The van der Waals surface area contributed by atoms with E-state index in [4.69, 9.17) is 14.2 Å². The minimum atomic E-state index is -1.02. The molecule has 0 aromatic heterocycles. The molecule has 0 fully saturated rings. The highest BCUT2D eigenvalue weighted by molar-refractivity contribution is 5.94. The molecule has 0 atom stereocenters. The Labute approximate surface area is 174 Å². The van der Waals surface area contributed by atoms with E-state index in [9.17, 15) is 9.90 Å². The van der Waals surface area contributed by atoms with Gasteiger partial charge in [-0.3, -0.25) is 5.43 Å². The Bertz CT molecular complexity index is 1030. The number of nitrogens with one attached hydrogen (secondary N) is 1. The fourth-order valence-corrected chi connectivity index (χ4v) is 2.71. The van der Waals surface area contributed by atoms with Crippen molar-refractivity contribution in [3.8, 4) is 17.2 Å². The van der Waals surface area contributed by atoms with E-state index in [0.717, 1.165) is 16.9 Å². The molecule has 0 heterocycles. The highest BCUT2D eigenvalue weighted by Crippen LogP contribution is 2.28. The lowest BCUT2D eigenvalue weighted by molar-refractivity contribution is 0.0698. The standard InChI is InChI=1S/C23H22N2O5/c1-28-18-10-7-16(8-11-18)15-30-21-12-9-17(13-22(21)29-2)14-24-25-20-6-4-3-5-19(20)23(26)27/h3-14,25H,15H2,1-2H3,(H,26,27). The second-order valence-electron chi connectivity index (χ2n) is 6.27. The Morgan fingerprint density at radius 3 is 2.47 bits per heavy atom. The van der Waals surface area contributed by atoms with Crippen LogP contribution >= 0.6 is 0 Å². The first-order chi connectivity index (χ1) is 14.6. The summed E-state index contributed by atoms with van der Waals surface area (Å²) in [6.45, 7) is 0.390. The van der Waals surface area contributed by atoms with Gasteiger partial charge in [0.1, 0.15) is 12.4 Å². The van der Waals surface area contributed by atoms with Gasteiger partial charge in [-0.1, -0.05) is 24.3 Å². The number of carboxylic acid groups (broad SMARTS) is 1. The summed E-state index contributed by atoms with van der Waals surface area (Å²) in [5.74, 6) is 0.945. The predicted octanol–water partition coefficient (Wildman–Crippen LogP) is 4.43. The van der Waals surface area contributed by atoms with E-state index in [-0.39, 0.29) is 5.56 Å². The lowest BCUT2D eigenvalue weighted by Crippen LogP contribution is -2.02. The lowest BCUT2D eigenvalue weighted by Gasteiger charge is -2.11. The summed E-state index contributed by atoms with van der Waals surface area (Å²) in [5.41, 5.74) is 5.09. The molecule has 0 saturated carbocycles. The van der Waals surface area contributed by atoms with Crippen molar-refractivity contribution < 1.29 is 24.1 Å². The van der Waals surface area contributed by atoms with Crippen LogP contribution in [0, 0.1) is 0 Å². The fraction of sp³-hybridized carbons (Fsp3) is 0.130. The number of benzene rings is 3. The number of aromatic carboxylic acids is 1. The molecule has 0 aliphatic rings. The fourth-order valence-electron chi connectivity index (χ4n) is 2.71. The van der Waals surface area contributed by atoms with Gasteiger partial charge in [0.05, 0.1) is 31.7 Å². The molecule has 0 radical (unpaired) electrons. The summed E-state index contributed by atoms with van der Waals surface area (Å²) >= 11 is 0. The van der Waals surface area contributed by atoms with Crippen molar-refractivity contribution in [1.29, 1.82) is 0 Å². The number of para-hydroxylation sites is 1. The molecular formula is C23H22N2O5. The molecule has 30 heavy (non-hydrogen) atoms. The summed E-state index contributed by atoms with van der Waals surface area (Å²) in [6.07, 6.45) is 1.58. The largest absolute Gasteiger partial charge is 0.497 e. The molecule has 0 unspecified atom stereocenters. The molecule has 0 amide bonds. The zero-order valence-electron chi connectivity index (χ0n) is 16.7. The van der Waals surface area contributed by atoms with E-state index in [2.05, 4.69) is 10.5 Å². The third-order valence-corrected chi connectivity index (χ3v) is 4.30. The van der Waals surface area contributed by atoms with Crippen LogP contribution in [0.15, 0.2) is 71.8 Å². The predicted molar refractivity (Wildman–Crippen MR) is 115 cm³/mol. The van der Waals surface area contributed by atoms with Gasteiger partial charge in [-0.05, 0) is 53.6 Å². The minimum Gasteiger partial charge on any atom is -0.497 e. The molecule has 3 rings (SSSR count). The Balaban J connectivity index is 1.66. The minimum absolute atomic E-state index is 0.148. The third kappa shape index (κ3) is 5.29. The number of ether oxygens (including phenoxy) is 3. The van der Waals surface area contributed by atoms with E-state index in [0.29, 0.717) is 23.8 Å².